The Morgan fingerprint density at radius 3 is 2.33 bits per heavy atom. The van der Waals surface area contributed by atoms with Crippen LogP contribution in [0.5, 0.6) is 11.5 Å². The molecule has 1 N–H and O–H groups in total. The minimum Gasteiger partial charge on any atom is -0.455 e. The van der Waals surface area contributed by atoms with Gasteiger partial charge in [0.1, 0.15) is 11.5 Å². The standard InChI is InChI=1S/C15H10Cl3NO2/c1-8(20)10-3-2-9(7-19)4-14(10)21-15-6-12(17)11(16)5-13(15)18/h2-6,8,20H,1H3. The first-order valence-electron chi connectivity index (χ1n) is 5.97. The molecule has 0 fully saturated rings. The SMILES string of the molecule is CC(O)c1ccc(C#N)cc1Oc1cc(Cl)c(Cl)cc1Cl. The zero-order valence-corrected chi connectivity index (χ0v) is 13.2. The van der Waals surface area contributed by atoms with Crippen LogP contribution in [0.4, 0.5) is 0 Å². The van der Waals surface area contributed by atoms with Gasteiger partial charge >= 0.3 is 0 Å². The highest BCUT2D eigenvalue weighted by Gasteiger charge is 2.14. The predicted molar refractivity (Wildman–Crippen MR) is 83.3 cm³/mol. The van der Waals surface area contributed by atoms with Gasteiger partial charge in [0.2, 0.25) is 0 Å². The van der Waals surface area contributed by atoms with E-state index in [1.807, 2.05) is 6.07 Å². The van der Waals surface area contributed by atoms with E-state index < -0.39 is 6.10 Å². The van der Waals surface area contributed by atoms with Crippen molar-refractivity contribution < 1.29 is 9.84 Å². The van der Waals surface area contributed by atoms with E-state index in [2.05, 4.69) is 0 Å². The van der Waals surface area contributed by atoms with Gasteiger partial charge in [-0.05, 0) is 25.1 Å². The minimum atomic E-state index is -0.755. The Morgan fingerprint density at radius 1 is 1.05 bits per heavy atom. The smallest absolute Gasteiger partial charge is 0.147 e. The van der Waals surface area contributed by atoms with Gasteiger partial charge in [-0.15, -0.1) is 0 Å². The highest BCUT2D eigenvalue weighted by Crippen LogP contribution is 2.38. The van der Waals surface area contributed by atoms with Crippen molar-refractivity contribution in [3.05, 3.63) is 56.5 Å². The maximum atomic E-state index is 9.77. The van der Waals surface area contributed by atoms with E-state index in [1.54, 1.807) is 19.1 Å². The van der Waals surface area contributed by atoms with Gasteiger partial charge in [0, 0.05) is 11.6 Å². The molecule has 2 aromatic rings. The lowest BCUT2D eigenvalue weighted by Gasteiger charge is -2.15. The number of nitriles is 1. The van der Waals surface area contributed by atoms with Crippen LogP contribution in [-0.2, 0) is 0 Å². The third kappa shape index (κ3) is 3.61. The summed E-state index contributed by atoms with van der Waals surface area (Å²) in [6.07, 6.45) is -0.755. The summed E-state index contributed by atoms with van der Waals surface area (Å²) in [4.78, 5) is 0. The summed E-state index contributed by atoms with van der Waals surface area (Å²) < 4.78 is 5.69. The normalized spacial score (nSPS) is 11.8. The quantitative estimate of drug-likeness (QED) is 0.763. The third-order valence-corrected chi connectivity index (χ3v) is 3.80. The molecule has 2 aromatic carbocycles. The average molecular weight is 343 g/mol. The molecule has 6 heteroatoms. The van der Waals surface area contributed by atoms with Gasteiger partial charge in [-0.2, -0.15) is 5.26 Å². The predicted octanol–water partition coefficient (Wildman–Crippen LogP) is 5.36. The van der Waals surface area contributed by atoms with Crippen LogP contribution in [0.25, 0.3) is 0 Å². The number of hydrogen-bond donors (Lipinski definition) is 1. The fraction of sp³-hybridized carbons (Fsp3) is 0.133. The maximum absolute atomic E-state index is 9.77. The van der Waals surface area contributed by atoms with Crippen molar-refractivity contribution in [1.29, 1.82) is 5.26 Å². The van der Waals surface area contributed by atoms with Gasteiger partial charge in [-0.25, -0.2) is 0 Å². The number of aliphatic hydroxyl groups excluding tert-OH is 1. The van der Waals surface area contributed by atoms with Crippen LogP contribution in [0.1, 0.15) is 24.2 Å². The lowest BCUT2D eigenvalue weighted by atomic mass is 10.1. The lowest BCUT2D eigenvalue weighted by Crippen LogP contribution is -1.97. The monoisotopic (exact) mass is 341 g/mol. The fourth-order valence-electron chi connectivity index (χ4n) is 1.74. The first-order chi connectivity index (χ1) is 9.92. The Kier molecular flexibility index (Phi) is 4.97. The number of benzene rings is 2. The molecular weight excluding hydrogens is 333 g/mol. The van der Waals surface area contributed by atoms with Crippen molar-refractivity contribution in [2.75, 3.05) is 0 Å². The van der Waals surface area contributed by atoms with Gasteiger partial charge in [-0.3, -0.25) is 0 Å². The van der Waals surface area contributed by atoms with Gasteiger partial charge in [-0.1, -0.05) is 40.9 Å². The second-order valence-corrected chi connectivity index (χ2v) is 5.56. The molecule has 1 unspecified atom stereocenters. The summed E-state index contributed by atoms with van der Waals surface area (Å²) in [6, 6.07) is 9.73. The lowest BCUT2D eigenvalue weighted by molar-refractivity contribution is 0.195. The first kappa shape index (κ1) is 15.9. The number of nitrogens with zero attached hydrogens (tertiary/aromatic N) is 1. The number of hydrogen-bond acceptors (Lipinski definition) is 3. The maximum Gasteiger partial charge on any atom is 0.147 e. The molecule has 0 saturated heterocycles. The third-order valence-electron chi connectivity index (χ3n) is 2.79. The van der Waals surface area contributed by atoms with Crippen LogP contribution in [0.2, 0.25) is 15.1 Å². The van der Waals surface area contributed by atoms with E-state index in [0.29, 0.717) is 32.7 Å². The van der Waals surface area contributed by atoms with E-state index in [4.69, 9.17) is 44.8 Å². The van der Waals surface area contributed by atoms with Crippen molar-refractivity contribution >= 4 is 34.8 Å². The number of halogens is 3. The minimum absolute atomic E-state index is 0.281. The molecule has 0 radical (unpaired) electrons. The number of rotatable bonds is 3. The summed E-state index contributed by atoms with van der Waals surface area (Å²) in [7, 11) is 0. The molecule has 0 bridgehead atoms. The molecule has 0 aliphatic carbocycles. The van der Waals surface area contributed by atoms with Crippen LogP contribution in [-0.4, -0.2) is 5.11 Å². The van der Waals surface area contributed by atoms with Crippen molar-refractivity contribution in [3.63, 3.8) is 0 Å². The molecule has 3 nitrogen and oxygen atoms in total. The average Bonchev–Trinajstić information content (AvgIpc) is 2.44. The number of aliphatic hydroxyl groups is 1. The van der Waals surface area contributed by atoms with Crippen LogP contribution in [0.15, 0.2) is 30.3 Å². The van der Waals surface area contributed by atoms with Gasteiger partial charge in [0.15, 0.2) is 0 Å². The second kappa shape index (κ2) is 6.55. The van der Waals surface area contributed by atoms with E-state index in [1.165, 1.54) is 18.2 Å². The van der Waals surface area contributed by atoms with Gasteiger partial charge in [0.25, 0.3) is 0 Å². The van der Waals surface area contributed by atoms with E-state index in [0.717, 1.165) is 0 Å². The zero-order chi connectivity index (χ0) is 15.6. The van der Waals surface area contributed by atoms with E-state index in [-0.39, 0.29) is 5.02 Å². The Labute approximate surface area is 137 Å². The molecule has 0 heterocycles. The molecule has 108 valence electrons. The fourth-order valence-corrected chi connectivity index (χ4v) is 2.31. The summed E-state index contributed by atoms with van der Waals surface area (Å²) in [6.45, 7) is 1.60. The summed E-state index contributed by atoms with van der Waals surface area (Å²) >= 11 is 17.9. The largest absolute Gasteiger partial charge is 0.455 e. The molecule has 21 heavy (non-hydrogen) atoms. The summed E-state index contributed by atoms with van der Waals surface area (Å²) in [5.41, 5.74) is 0.946. The topological polar surface area (TPSA) is 53.2 Å². The number of ether oxygens (including phenoxy) is 1. The van der Waals surface area contributed by atoms with Crippen LogP contribution in [0, 0.1) is 11.3 Å². The van der Waals surface area contributed by atoms with Crippen LogP contribution >= 0.6 is 34.8 Å². The Hall–Kier alpha value is -1.44. The first-order valence-corrected chi connectivity index (χ1v) is 7.10. The van der Waals surface area contributed by atoms with E-state index >= 15 is 0 Å². The Morgan fingerprint density at radius 2 is 1.71 bits per heavy atom. The zero-order valence-electron chi connectivity index (χ0n) is 10.9. The molecule has 0 aliphatic heterocycles. The highest BCUT2D eigenvalue weighted by molar-refractivity contribution is 6.43. The van der Waals surface area contributed by atoms with Crippen LogP contribution < -0.4 is 4.74 Å². The molecule has 0 saturated carbocycles. The van der Waals surface area contributed by atoms with Crippen molar-refractivity contribution in [3.8, 4) is 17.6 Å². The summed E-state index contributed by atoms with van der Waals surface area (Å²) in [5.74, 6) is 0.632. The molecule has 0 aromatic heterocycles. The molecular formula is C15H10Cl3NO2. The Bertz CT molecular complexity index is 724. The van der Waals surface area contributed by atoms with Crippen molar-refractivity contribution in [2.45, 2.75) is 13.0 Å². The Balaban J connectivity index is 2.48. The second-order valence-electron chi connectivity index (χ2n) is 4.34. The van der Waals surface area contributed by atoms with Gasteiger partial charge in [0.05, 0.1) is 32.8 Å². The van der Waals surface area contributed by atoms with E-state index in [9.17, 15) is 5.11 Å². The van der Waals surface area contributed by atoms with Crippen molar-refractivity contribution in [1.82, 2.24) is 0 Å². The molecule has 1 atom stereocenters. The molecule has 0 spiro atoms. The van der Waals surface area contributed by atoms with Crippen molar-refractivity contribution in [2.24, 2.45) is 0 Å². The molecule has 0 amide bonds. The summed E-state index contributed by atoms with van der Waals surface area (Å²) in [5, 5.41) is 19.6. The molecule has 0 aliphatic rings. The molecule has 2 rings (SSSR count). The van der Waals surface area contributed by atoms with Gasteiger partial charge < -0.3 is 9.84 Å². The van der Waals surface area contributed by atoms with Crippen LogP contribution in [0.3, 0.4) is 0 Å². The highest BCUT2D eigenvalue weighted by atomic mass is 35.5.